The van der Waals surface area contributed by atoms with E-state index in [4.69, 9.17) is 10.5 Å². The van der Waals surface area contributed by atoms with Gasteiger partial charge < -0.3 is 15.6 Å². The molecule has 0 saturated heterocycles. The highest BCUT2D eigenvalue weighted by Gasteiger charge is 2.46. The highest BCUT2D eigenvalue weighted by Crippen LogP contribution is 2.44. The molecule has 0 aromatic heterocycles. The fourth-order valence-electron chi connectivity index (χ4n) is 2.65. The summed E-state index contributed by atoms with van der Waals surface area (Å²) in [6, 6.07) is 0. The zero-order chi connectivity index (χ0) is 11.4. The van der Waals surface area contributed by atoms with Crippen LogP contribution in [-0.4, -0.2) is 30.5 Å². The van der Waals surface area contributed by atoms with Gasteiger partial charge in [0.2, 0.25) is 0 Å². The summed E-state index contributed by atoms with van der Waals surface area (Å²) in [6.45, 7) is 5.44. The van der Waals surface area contributed by atoms with Crippen molar-refractivity contribution in [2.75, 3.05) is 19.8 Å². The minimum atomic E-state index is -0.780. The lowest BCUT2D eigenvalue weighted by molar-refractivity contribution is -0.129. The van der Waals surface area contributed by atoms with Gasteiger partial charge in [-0.05, 0) is 26.7 Å². The second-order valence-electron chi connectivity index (χ2n) is 4.96. The minimum absolute atomic E-state index is 0.125. The third-order valence-corrected chi connectivity index (χ3v) is 3.93. The Hall–Kier alpha value is -0.120. The van der Waals surface area contributed by atoms with Crippen LogP contribution in [-0.2, 0) is 4.74 Å². The summed E-state index contributed by atoms with van der Waals surface area (Å²) in [5.74, 6) is 0. The number of aliphatic hydroxyl groups is 1. The summed E-state index contributed by atoms with van der Waals surface area (Å²) in [5.41, 5.74) is 4.98. The van der Waals surface area contributed by atoms with Crippen molar-refractivity contribution in [3.8, 4) is 0 Å². The van der Waals surface area contributed by atoms with E-state index >= 15 is 0 Å². The Balaban J connectivity index is 2.69. The van der Waals surface area contributed by atoms with Crippen molar-refractivity contribution in [3.05, 3.63) is 0 Å². The number of hydrogen-bond acceptors (Lipinski definition) is 3. The molecular weight excluding hydrogens is 190 g/mol. The van der Waals surface area contributed by atoms with Gasteiger partial charge in [-0.3, -0.25) is 0 Å². The fraction of sp³-hybridized carbons (Fsp3) is 1.00. The van der Waals surface area contributed by atoms with E-state index in [0.29, 0.717) is 19.8 Å². The van der Waals surface area contributed by atoms with E-state index in [1.165, 1.54) is 19.3 Å². The summed E-state index contributed by atoms with van der Waals surface area (Å²) in [7, 11) is 0. The summed E-state index contributed by atoms with van der Waals surface area (Å²) < 4.78 is 5.37. The second-order valence-corrected chi connectivity index (χ2v) is 4.96. The number of hydrogen-bond donors (Lipinski definition) is 2. The molecule has 1 aliphatic carbocycles. The Morgan fingerprint density at radius 1 is 1.33 bits per heavy atom. The van der Waals surface area contributed by atoms with Crippen LogP contribution in [0.25, 0.3) is 0 Å². The van der Waals surface area contributed by atoms with Crippen LogP contribution in [0.2, 0.25) is 0 Å². The van der Waals surface area contributed by atoms with Gasteiger partial charge in [0.15, 0.2) is 0 Å². The molecule has 3 N–H and O–H groups in total. The Kier molecular flexibility index (Phi) is 4.56. The summed E-state index contributed by atoms with van der Waals surface area (Å²) in [6.07, 6.45) is 5.69. The maximum Gasteiger partial charge on any atom is 0.0919 e. The van der Waals surface area contributed by atoms with Crippen molar-refractivity contribution in [2.45, 2.75) is 51.6 Å². The van der Waals surface area contributed by atoms with Crippen LogP contribution < -0.4 is 5.73 Å². The molecule has 0 bridgehead atoms. The number of rotatable bonds is 5. The van der Waals surface area contributed by atoms with Crippen molar-refractivity contribution in [3.63, 3.8) is 0 Å². The molecule has 3 heteroatoms. The lowest BCUT2D eigenvalue weighted by Crippen LogP contribution is -2.54. The first kappa shape index (κ1) is 12.9. The first-order valence-electron chi connectivity index (χ1n) is 6.08. The van der Waals surface area contributed by atoms with Crippen LogP contribution >= 0.6 is 0 Å². The van der Waals surface area contributed by atoms with Crippen molar-refractivity contribution < 1.29 is 9.84 Å². The quantitative estimate of drug-likeness (QED) is 0.733. The van der Waals surface area contributed by atoms with Gasteiger partial charge in [0.25, 0.3) is 0 Å². The smallest absolute Gasteiger partial charge is 0.0919 e. The molecule has 0 heterocycles. The average molecular weight is 215 g/mol. The molecule has 1 rings (SSSR count). The van der Waals surface area contributed by atoms with Crippen molar-refractivity contribution in [1.29, 1.82) is 0 Å². The first-order valence-corrected chi connectivity index (χ1v) is 6.08. The molecule has 1 unspecified atom stereocenters. The molecule has 1 saturated carbocycles. The van der Waals surface area contributed by atoms with Crippen molar-refractivity contribution in [1.82, 2.24) is 0 Å². The van der Waals surface area contributed by atoms with Crippen LogP contribution in [0.1, 0.15) is 46.0 Å². The highest BCUT2D eigenvalue weighted by atomic mass is 16.5. The normalized spacial score (nSPS) is 24.8. The van der Waals surface area contributed by atoms with Crippen LogP contribution in [0, 0.1) is 5.41 Å². The molecule has 3 nitrogen and oxygen atoms in total. The molecular formula is C12H25NO2. The monoisotopic (exact) mass is 215 g/mol. The predicted molar refractivity (Wildman–Crippen MR) is 61.7 cm³/mol. The largest absolute Gasteiger partial charge is 0.387 e. The zero-order valence-corrected chi connectivity index (χ0v) is 10.1. The SMILES string of the molecule is CCOCC(C)(O)C1(CN)CCCCC1. The molecule has 0 amide bonds. The van der Waals surface area contributed by atoms with Crippen molar-refractivity contribution >= 4 is 0 Å². The van der Waals surface area contributed by atoms with Crippen LogP contribution in [0.15, 0.2) is 0 Å². The van der Waals surface area contributed by atoms with Gasteiger partial charge in [-0.2, -0.15) is 0 Å². The highest BCUT2D eigenvalue weighted by molar-refractivity contribution is 4.98. The topological polar surface area (TPSA) is 55.5 Å². The van der Waals surface area contributed by atoms with Gasteiger partial charge in [0, 0.05) is 18.6 Å². The van der Waals surface area contributed by atoms with Gasteiger partial charge in [-0.15, -0.1) is 0 Å². The molecule has 1 atom stereocenters. The number of nitrogens with two attached hydrogens (primary N) is 1. The van der Waals surface area contributed by atoms with Gasteiger partial charge in [0.05, 0.1) is 12.2 Å². The maximum atomic E-state index is 10.5. The van der Waals surface area contributed by atoms with Crippen LogP contribution in [0.4, 0.5) is 0 Å². The van der Waals surface area contributed by atoms with E-state index in [9.17, 15) is 5.11 Å². The Morgan fingerprint density at radius 2 is 1.93 bits per heavy atom. The summed E-state index contributed by atoms with van der Waals surface area (Å²) >= 11 is 0. The third-order valence-electron chi connectivity index (χ3n) is 3.93. The van der Waals surface area contributed by atoms with E-state index in [1.54, 1.807) is 0 Å². The van der Waals surface area contributed by atoms with Gasteiger partial charge in [0.1, 0.15) is 0 Å². The third kappa shape index (κ3) is 2.71. The lowest BCUT2D eigenvalue weighted by Gasteiger charge is -2.47. The zero-order valence-electron chi connectivity index (χ0n) is 10.1. The molecule has 0 aromatic carbocycles. The molecule has 1 aliphatic rings. The Morgan fingerprint density at radius 3 is 2.40 bits per heavy atom. The molecule has 15 heavy (non-hydrogen) atoms. The standard InChI is InChI=1S/C12H25NO2/c1-3-15-10-11(2,14)12(9-13)7-5-4-6-8-12/h14H,3-10,13H2,1-2H3. The van der Waals surface area contributed by atoms with Crippen molar-refractivity contribution in [2.24, 2.45) is 11.1 Å². The van der Waals surface area contributed by atoms with E-state index in [-0.39, 0.29) is 5.41 Å². The molecule has 0 aromatic rings. The van der Waals surface area contributed by atoms with Gasteiger partial charge >= 0.3 is 0 Å². The molecule has 1 fully saturated rings. The Bertz CT molecular complexity index is 186. The van der Waals surface area contributed by atoms with Gasteiger partial charge in [-0.1, -0.05) is 19.3 Å². The van der Waals surface area contributed by atoms with E-state index in [1.807, 2.05) is 13.8 Å². The summed E-state index contributed by atoms with van der Waals surface area (Å²) in [4.78, 5) is 0. The van der Waals surface area contributed by atoms with Gasteiger partial charge in [-0.25, -0.2) is 0 Å². The molecule has 0 radical (unpaired) electrons. The summed E-state index contributed by atoms with van der Waals surface area (Å²) in [5, 5.41) is 10.5. The molecule has 0 spiro atoms. The van der Waals surface area contributed by atoms with E-state index < -0.39 is 5.60 Å². The Labute approximate surface area is 93.0 Å². The second kappa shape index (κ2) is 5.28. The van der Waals surface area contributed by atoms with Crippen LogP contribution in [0.3, 0.4) is 0 Å². The predicted octanol–water partition coefficient (Wildman–Crippen LogP) is 1.68. The van der Waals surface area contributed by atoms with E-state index in [2.05, 4.69) is 0 Å². The molecule has 90 valence electrons. The number of ether oxygens (including phenoxy) is 1. The minimum Gasteiger partial charge on any atom is -0.387 e. The lowest BCUT2D eigenvalue weighted by atomic mass is 9.64. The first-order chi connectivity index (χ1) is 7.08. The van der Waals surface area contributed by atoms with E-state index in [0.717, 1.165) is 12.8 Å². The fourth-order valence-corrected chi connectivity index (χ4v) is 2.65. The average Bonchev–Trinajstić information content (AvgIpc) is 2.27. The molecule has 0 aliphatic heterocycles. The maximum absolute atomic E-state index is 10.5. The van der Waals surface area contributed by atoms with Crippen LogP contribution in [0.5, 0.6) is 0 Å².